The van der Waals surface area contributed by atoms with Gasteiger partial charge in [-0.05, 0) is 54.1 Å². The zero-order valence-corrected chi connectivity index (χ0v) is 19.7. The quantitative estimate of drug-likeness (QED) is 0.211. The Hall–Kier alpha value is -5.28. The van der Waals surface area contributed by atoms with Crippen molar-refractivity contribution in [3.63, 3.8) is 0 Å². The van der Waals surface area contributed by atoms with Crippen molar-refractivity contribution in [1.29, 1.82) is 5.26 Å². The van der Waals surface area contributed by atoms with Gasteiger partial charge >= 0.3 is 0 Å². The van der Waals surface area contributed by atoms with E-state index in [1.54, 1.807) is 0 Å². The van der Waals surface area contributed by atoms with Crippen LogP contribution in [0.25, 0.3) is 34.3 Å². The van der Waals surface area contributed by atoms with Gasteiger partial charge in [0.15, 0.2) is 0 Å². The van der Waals surface area contributed by atoms with Crippen molar-refractivity contribution >= 4 is 17.7 Å². The van der Waals surface area contributed by atoms with E-state index < -0.39 is 11.7 Å². The summed E-state index contributed by atoms with van der Waals surface area (Å²) in [5.74, 6) is -0.971. The van der Waals surface area contributed by atoms with Crippen molar-refractivity contribution in [3.05, 3.63) is 132 Å². The Morgan fingerprint density at radius 2 is 1.46 bits per heavy atom. The van der Waals surface area contributed by atoms with E-state index in [1.807, 2.05) is 95.7 Å². The number of rotatable bonds is 6. The van der Waals surface area contributed by atoms with Gasteiger partial charge in [-0.2, -0.15) is 10.4 Å². The molecule has 6 heteroatoms. The average molecular weight is 485 g/mol. The molecule has 0 aliphatic rings. The summed E-state index contributed by atoms with van der Waals surface area (Å²) in [6.07, 6.45) is 1.51. The first-order valence-corrected chi connectivity index (χ1v) is 11.6. The van der Waals surface area contributed by atoms with Gasteiger partial charge in [0.2, 0.25) is 0 Å². The average Bonchev–Trinajstić information content (AvgIpc) is 3.40. The minimum Gasteiger partial charge on any atom is -0.321 e. The maximum absolute atomic E-state index is 13.1. The standard InChI is InChI=1S/C31H21FN4O/c32-26-13-15-27(16-14-26)34-31(37)25(21-33)19-22-11-17-28(18-12-22)36-30(24-9-5-2-6-10-24)20-29(35-36)23-7-3-1-4-8-23/h1-20H,(H,34,37)/b25-19+. The fraction of sp³-hybridized carbons (Fsp3) is 0. The molecule has 5 rings (SSSR count). The molecule has 37 heavy (non-hydrogen) atoms. The number of carbonyl (C=O) groups excluding carboxylic acids is 1. The number of hydrogen-bond acceptors (Lipinski definition) is 3. The van der Waals surface area contributed by atoms with Gasteiger partial charge in [0.05, 0.1) is 17.1 Å². The number of hydrogen-bond donors (Lipinski definition) is 1. The van der Waals surface area contributed by atoms with Crippen LogP contribution in [0.15, 0.2) is 121 Å². The molecule has 0 saturated heterocycles. The summed E-state index contributed by atoms with van der Waals surface area (Å²) in [4.78, 5) is 12.6. The first kappa shape index (κ1) is 23.5. The summed E-state index contributed by atoms with van der Waals surface area (Å²) in [5.41, 5.74) is 5.72. The van der Waals surface area contributed by atoms with Gasteiger partial charge in [-0.3, -0.25) is 4.79 Å². The molecule has 1 N–H and O–H groups in total. The van der Waals surface area contributed by atoms with E-state index in [9.17, 15) is 14.4 Å². The highest BCUT2D eigenvalue weighted by atomic mass is 19.1. The van der Waals surface area contributed by atoms with E-state index >= 15 is 0 Å². The van der Waals surface area contributed by atoms with Crippen LogP contribution >= 0.6 is 0 Å². The van der Waals surface area contributed by atoms with Crippen molar-refractivity contribution in [2.45, 2.75) is 0 Å². The number of anilines is 1. The van der Waals surface area contributed by atoms with Crippen molar-refractivity contribution in [1.82, 2.24) is 9.78 Å². The van der Waals surface area contributed by atoms with Crippen LogP contribution < -0.4 is 5.32 Å². The Bertz CT molecular complexity index is 1600. The fourth-order valence-electron chi connectivity index (χ4n) is 3.90. The third-order valence-corrected chi connectivity index (χ3v) is 5.76. The molecule has 1 aromatic heterocycles. The number of aromatic nitrogens is 2. The highest BCUT2D eigenvalue weighted by molar-refractivity contribution is 6.09. The van der Waals surface area contributed by atoms with Gasteiger partial charge in [0, 0.05) is 16.8 Å². The van der Waals surface area contributed by atoms with Crippen LogP contribution in [0.2, 0.25) is 0 Å². The number of amides is 1. The monoisotopic (exact) mass is 484 g/mol. The Morgan fingerprint density at radius 1 is 0.838 bits per heavy atom. The minimum atomic E-state index is -0.566. The highest BCUT2D eigenvalue weighted by Crippen LogP contribution is 2.29. The van der Waals surface area contributed by atoms with E-state index in [2.05, 4.69) is 11.4 Å². The second kappa shape index (κ2) is 10.5. The van der Waals surface area contributed by atoms with E-state index in [-0.39, 0.29) is 5.57 Å². The van der Waals surface area contributed by atoms with E-state index in [4.69, 9.17) is 5.10 Å². The molecule has 0 unspecified atom stereocenters. The fourth-order valence-corrected chi connectivity index (χ4v) is 3.90. The van der Waals surface area contributed by atoms with Crippen LogP contribution in [-0.4, -0.2) is 15.7 Å². The van der Waals surface area contributed by atoms with Gasteiger partial charge < -0.3 is 5.32 Å². The molecule has 0 aliphatic carbocycles. The van der Waals surface area contributed by atoms with Crippen LogP contribution in [0.4, 0.5) is 10.1 Å². The zero-order chi connectivity index (χ0) is 25.6. The van der Waals surface area contributed by atoms with Gasteiger partial charge in [0.1, 0.15) is 17.5 Å². The molecular formula is C31H21FN4O. The van der Waals surface area contributed by atoms with Crippen LogP contribution in [0.3, 0.4) is 0 Å². The molecule has 5 aromatic rings. The largest absolute Gasteiger partial charge is 0.321 e. The molecule has 0 bridgehead atoms. The topological polar surface area (TPSA) is 70.7 Å². The maximum Gasteiger partial charge on any atom is 0.266 e. The molecule has 0 radical (unpaired) electrons. The third-order valence-electron chi connectivity index (χ3n) is 5.76. The second-order valence-electron chi connectivity index (χ2n) is 8.28. The lowest BCUT2D eigenvalue weighted by Crippen LogP contribution is -2.13. The molecule has 1 amide bonds. The Balaban J connectivity index is 1.45. The van der Waals surface area contributed by atoms with Gasteiger partial charge in [-0.15, -0.1) is 0 Å². The van der Waals surface area contributed by atoms with Crippen LogP contribution in [0.1, 0.15) is 5.56 Å². The Kier molecular flexibility index (Phi) is 6.69. The Morgan fingerprint density at radius 3 is 2.08 bits per heavy atom. The first-order valence-electron chi connectivity index (χ1n) is 11.6. The highest BCUT2D eigenvalue weighted by Gasteiger charge is 2.14. The number of carbonyl (C=O) groups is 1. The lowest BCUT2D eigenvalue weighted by Gasteiger charge is -2.08. The number of benzene rings is 4. The first-order chi connectivity index (χ1) is 18.1. The minimum absolute atomic E-state index is 0.0625. The molecule has 0 saturated carbocycles. The van der Waals surface area contributed by atoms with Gasteiger partial charge in [0.25, 0.3) is 5.91 Å². The van der Waals surface area contributed by atoms with Crippen molar-refractivity contribution in [2.75, 3.05) is 5.32 Å². The predicted molar refractivity (Wildman–Crippen MR) is 143 cm³/mol. The number of nitrogens with one attached hydrogen (secondary N) is 1. The summed E-state index contributed by atoms with van der Waals surface area (Å²) in [5, 5.41) is 17.0. The zero-order valence-electron chi connectivity index (χ0n) is 19.7. The summed E-state index contributed by atoms with van der Waals surface area (Å²) in [6, 6.07) is 36.8. The summed E-state index contributed by atoms with van der Waals surface area (Å²) < 4.78 is 15.0. The molecule has 0 spiro atoms. The van der Waals surface area contributed by atoms with Gasteiger partial charge in [-0.1, -0.05) is 72.8 Å². The summed E-state index contributed by atoms with van der Waals surface area (Å²) >= 11 is 0. The SMILES string of the molecule is N#C/C(=C\c1ccc(-n2nc(-c3ccccc3)cc2-c2ccccc2)cc1)C(=O)Nc1ccc(F)cc1. The van der Waals surface area contributed by atoms with Crippen LogP contribution in [-0.2, 0) is 4.79 Å². The van der Waals surface area contributed by atoms with Crippen LogP contribution in [0.5, 0.6) is 0 Å². The predicted octanol–water partition coefficient (Wildman–Crippen LogP) is 6.89. The third kappa shape index (κ3) is 5.37. The number of halogens is 1. The second-order valence-corrected chi connectivity index (χ2v) is 8.28. The lowest BCUT2D eigenvalue weighted by atomic mass is 10.1. The summed E-state index contributed by atoms with van der Waals surface area (Å²) in [7, 11) is 0. The molecule has 0 aliphatic heterocycles. The molecular weight excluding hydrogens is 463 g/mol. The smallest absolute Gasteiger partial charge is 0.266 e. The normalized spacial score (nSPS) is 11.1. The van der Waals surface area contributed by atoms with Crippen LogP contribution in [0, 0.1) is 17.1 Å². The molecule has 5 nitrogen and oxygen atoms in total. The lowest BCUT2D eigenvalue weighted by molar-refractivity contribution is -0.112. The number of nitriles is 1. The van der Waals surface area contributed by atoms with E-state index in [1.165, 1.54) is 30.3 Å². The molecule has 178 valence electrons. The number of nitrogens with zero attached hydrogens (tertiary/aromatic N) is 3. The molecule has 0 atom stereocenters. The van der Waals surface area contributed by atoms with E-state index in [0.29, 0.717) is 11.3 Å². The van der Waals surface area contributed by atoms with Crippen molar-refractivity contribution in [3.8, 4) is 34.3 Å². The van der Waals surface area contributed by atoms with Crippen molar-refractivity contribution < 1.29 is 9.18 Å². The maximum atomic E-state index is 13.1. The van der Waals surface area contributed by atoms with Crippen molar-refractivity contribution in [2.24, 2.45) is 0 Å². The Labute approximate surface area is 213 Å². The van der Waals surface area contributed by atoms with Gasteiger partial charge in [-0.25, -0.2) is 9.07 Å². The van der Waals surface area contributed by atoms with E-state index in [0.717, 1.165) is 28.2 Å². The molecule has 4 aromatic carbocycles. The summed E-state index contributed by atoms with van der Waals surface area (Å²) in [6.45, 7) is 0. The molecule has 0 fully saturated rings. The molecule has 1 heterocycles.